The summed E-state index contributed by atoms with van der Waals surface area (Å²) in [6.45, 7) is 14.9. The summed E-state index contributed by atoms with van der Waals surface area (Å²) in [5.74, 6) is 0. The highest BCUT2D eigenvalue weighted by Crippen LogP contribution is 2.39. The van der Waals surface area contributed by atoms with E-state index in [2.05, 4.69) is 76.0 Å². The van der Waals surface area contributed by atoms with Crippen molar-refractivity contribution >= 4 is 8.32 Å². The maximum absolute atomic E-state index is 9.95. The highest BCUT2D eigenvalue weighted by Gasteiger charge is 2.42. The minimum absolute atomic E-state index is 0.184. The van der Waals surface area contributed by atoms with E-state index in [1.54, 1.807) is 0 Å². The van der Waals surface area contributed by atoms with Crippen molar-refractivity contribution in [1.82, 2.24) is 4.90 Å². The molecule has 0 bridgehead atoms. The van der Waals surface area contributed by atoms with Gasteiger partial charge < -0.3 is 9.53 Å². The lowest BCUT2D eigenvalue weighted by Crippen LogP contribution is -2.54. The van der Waals surface area contributed by atoms with Gasteiger partial charge >= 0.3 is 0 Å². The molecule has 0 saturated carbocycles. The lowest BCUT2D eigenvalue weighted by Gasteiger charge is -2.47. The molecule has 1 aromatic carbocycles. The zero-order valence-corrected chi connectivity index (χ0v) is 17.2. The third-order valence-corrected chi connectivity index (χ3v) is 10.4. The van der Waals surface area contributed by atoms with Crippen LogP contribution in [-0.4, -0.2) is 43.1 Å². The number of hydrogen-bond donors (Lipinski definition) is 1. The number of hydrogen-bond acceptors (Lipinski definition) is 3. The molecule has 1 heterocycles. The largest absolute Gasteiger partial charge is 0.414 e. The maximum atomic E-state index is 9.95. The van der Waals surface area contributed by atoms with Crippen molar-refractivity contribution in [3.63, 3.8) is 0 Å². The van der Waals surface area contributed by atoms with E-state index in [-0.39, 0.29) is 23.8 Å². The van der Waals surface area contributed by atoms with Crippen LogP contribution in [0.15, 0.2) is 30.3 Å². The van der Waals surface area contributed by atoms with Crippen molar-refractivity contribution in [2.75, 3.05) is 6.61 Å². The molecule has 0 radical (unpaired) electrons. The lowest BCUT2D eigenvalue weighted by molar-refractivity contribution is -0.0138. The molecule has 4 heteroatoms. The molecule has 1 aromatic rings. The Bertz CT molecular complexity index is 512. The zero-order chi connectivity index (χ0) is 18.0. The van der Waals surface area contributed by atoms with Crippen molar-refractivity contribution in [3.05, 3.63) is 35.9 Å². The molecule has 24 heavy (non-hydrogen) atoms. The number of aliphatic hydroxyl groups excluding tert-OH is 1. The van der Waals surface area contributed by atoms with Crippen LogP contribution in [-0.2, 0) is 11.0 Å². The first-order chi connectivity index (χ1) is 11.1. The van der Waals surface area contributed by atoms with E-state index < -0.39 is 8.32 Å². The predicted molar refractivity (Wildman–Crippen MR) is 104 cm³/mol. The van der Waals surface area contributed by atoms with Gasteiger partial charge in [-0.05, 0) is 43.5 Å². The van der Waals surface area contributed by atoms with Gasteiger partial charge in [-0.1, -0.05) is 51.1 Å². The molecule has 1 fully saturated rings. The monoisotopic (exact) mass is 349 g/mol. The van der Waals surface area contributed by atoms with Gasteiger partial charge in [-0.2, -0.15) is 0 Å². The number of benzene rings is 1. The SMILES string of the molecule is CC1CC(O[Si](C)(C)C(C)(C)C)CC(CO)N1Cc1ccccc1. The molecule has 1 aliphatic rings. The average Bonchev–Trinajstić information content (AvgIpc) is 2.49. The van der Waals surface area contributed by atoms with Gasteiger partial charge in [-0.25, -0.2) is 0 Å². The summed E-state index contributed by atoms with van der Waals surface area (Å²) in [6.07, 6.45) is 2.25. The van der Waals surface area contributed by atoms with E-state index in [4.69, 9.17) is 4.43 Å². The molecule has 0 aromatic heterocycles. The first kappa shape index (κ1) is 19.6. The molecule has 1 N–H and O–H groups in total. The third-order valence-electron chi connectivity index (χ3n) is 5.86. The number of piperidine rings is 1. The Morgan fingerprint density at radius 2 is 1.79 bits per heavy atom. The van der Waals surface area contributed by atoms with E-state index in [0.717, 1.165) is 19.4 Å². The van der Waals surface area contributed by atoms with Crippen LogP contribution in [0.5, 0.6) is 0 Å². The minimum atomic E-state index is -1.76. The van der Waals surface area contributed by atoms with Crippen molar-refractivity contribution in [2.24, 2.45) is 0 Å². The predicted octanol–water partition coefficient (Wildman–Crippen LogP) is 4.42. The number of nitrogens with zero attached hydrogens (tertiary/aromatic N) is 1. The first-order valence-corrected chi connectivity index (χ1v) is 12.1. The maximum Gasteiger partial charge on any atom is 0.192 e. The van der Waals surface area contributed by atoms with E-state index in [9.17, 15) is 5.11 Å². The van der Waals surface area contributed by atoms with Crippen LogP contribution in [0.2, 0.25) is 18.1 Å². The summed E-state index contributed by atoms with van der Waals surface area (Å²) in [7, 11) is -1.76. The topological polar surface area (TPSA) is 32.7 Å². The molecule has 1 aliphatic heterocycles. The standard InChI is InChI=1S/C20H35NO2Si/c1-16-12-19(23-24(5,6)20(2,3)4)13-18(15-22)21(16)14-17-10-8-7-9-11-17/h7-11,16,18-19,22H,12-15H2,1-6H3. The average molecular weight is 350 g/mol. The Labute approximate surface area is 149 Å². The van der Waals surface area contributed by atoms with Gasteiger partial charge in [0.2, 0.25) is 0 Å². The van der Waals surface area contributed by atoms with E-state index in [1.165, 1.54) is 5.56 Å². The Balaban J connectivity index is 2.05. The van der Waals surface area contributed by atoms with Crippen molar-refractivity contribution < 1.29 is 9.53 Å². The highest BCUT2D eigenvalue weighted by molar-refractivity contribution is 6.74. The second-order valence-corrected chi connectivity index (χ2v) is 13.6. The minimum Gasteiger partial charge on any atom is -0.414 e. The molecule has 136 valence electrons. The lowest BCUT2D eigenvalue weighted by atomic mass is 9.93. The van der Waals surface area contributed by atoms with Gasteiger partial charge in [0.1, 0.15) is 0 Å². The van der Waals surface area contributed by atoms with Crippen molar-refractivity contribution in [3.8, 4) is 0 Å². The van der Waals surface area contributed by atoms with Crippen LogP contribution in [0.1, 0.15) is 46.1 Å². The van der Waals surface area contributed by atoms with Gasteiger partial charge in [0.15, 0.2) is 8.32 Å². The normalized spacial score (nSPS) is 26.5. The molecular weight excluding hydrogens is 314 g/mol. The summed E-state index contributed by atoms with van der Waals surface area (Å²) in [5.41, 5.74) is 1.31. The van der Waals surface area contributed by atoms with Crippen LogP contribution in [0.4, 0.5) is 0 Å². The number of rotatable bonds is 5. The van der Waals surface area contributed by atoms with Gasteiger partial charge in [-0.3, -0.25) is 4.90 Å². The summed E-state index contributed by atoms with van der Waals surface area (Å²) in [5, 5.41) is 10.2. The quantitative estimate of drug-likeness (QED) is 0.799. The molecule has 0 spiro atoms. The van der Waals surface area contributed by atoms with Crippen LogP contribution in [0.3, 0.4) is 0 Å². The van der Waals surface area contributed by atoms with E-state index in [1.807, 2.05) is 0 Å². The summed E-state index contributed by atoms with van der Waals surface area (Å²) in [4.78, 5) is 2.45. The fraction of sp³-hybridized carbons (Fsp3) is 0.700. The van der Waals surface area contributed by atoms with Crippen LogP contribution in [0, 0.1) is 0 Å². The number of aliphatic hydroxyl groups is 1. The Morgan fingerprint density at radius 1 is 1.17 bits per heavy atom. The molecule has 1 saturated heterocycles. The van der Waals surface area contributed by atoms with Gasteiger partial charge in [0, 0.05) is 24.7 Å². The molecule has 3 atom stereocenters. The van der Waals surface area contributed by atoms with Crippen molar-refractivity contribution in [2.45, 2.75) is 83.4 Å². The first-order valence-electron chi connectivity index (χ1n) is 9.22. The van der Waals surface area contributed by atoms with Crippen LogP contribution >= 0.6 is 0 Å². The summed E-state index contributed by atoms with van der Waals surface area (Å²) < 4.78 is 6.65. The zero-order valence-electron chi connectivity index (χ0n) is 16.2. The molecular formula is C20H35NO2Si. The van der Waals surface area contributed by atoms with E-state index >= 15 is 0 Å². The molecule has 0 aliphatic carbocycles. The molecule has 2 rings (SSSR count). The summed E-state index contributed by atoms with van der Waals surface area (Å²) >= 11 is 0. The molecule has 0 amide bonds. The fourth-order valence-electron chi connectivity index (χ4n) is 3.36. The second-order valence-electron chi connectivity index (χ2n) is 8.81. The fourth-order valence-corrected chi connectivity index (χ4v) is 4.74. The Morgan fingerprint density at radius 3 is 2.33 bits per heavy atom. The van der Waals surface area contributed by atoms with Crippen LogP contribution < -0.4 is 0 Å². The van der Waals surface area contributed by atoms with Gasteiger partial charge in [0.25, 0.3) is 0 Å². The van der Waals surface area contributed by atoms with E-state index in [0.29, 0.717) is 6.04 Å². The highest BCUT2D eigenvalue weighted by atomic mass is 28.4. The van der Waals surface area contributed by atoms with Crippen LogP contribution in [0.25, 0.3) is 0 Å². The molecule has 3 unspecified atom stereocenters. The summed E-state index contributed by atoms with van der Waals surface area (Å²) in [6, 6.07) is 11.2. The number of likely N-dealkylation sites (tertiary alicyclic amines) is 1. The second kappa shape index (κ2) is 7.69. The van der Waals surface area contributed by atoms with Gasteiger partial charge in [0.05, 0.1) is 6.61 Å². The Kier molecular flexibility index (Phi) is 6.29. The smallest absolute Gasteiger partial charge is 0.192 e. The van der Waals surface area contributed by atoms with Gasteiger partial charge in [-0.15, -0.1) is 0 Å². The third kappa shape index (κ3) is 4.69. The Hall–Kier alpha value is -0.683. The molecule has 3 nitrogen and oxygen atoms in total. The van der Waals surface area contributed by atoms with Crippen molar-refractivity contribution in [1.29, 1.82) is 0 Å².